The van der Waals surface area contributed by atoms with Crippen molar-refractivity contribution < 1.29 is 4.79 Å². The highest BCUT2D eigenvalue weighted by Crippen LogP contribution is 2.19. The fraction of sp³-hybridized carbons (Fsp3) is 0.389. The Kier molecular flexibility index (Phi) is 6.16. The molecule has 1 aromatic carbocycles. The van der Waals surface area contributed by atoms with Crippen LogP contribution in [0.5, 0.6) is 0 Å². The summed E-state index contributed by atoms with van der Waals surface area (Å²) in [5.74, 6) is 0.202. The fourth-order valence-electron chi connectivity index (χ4n) is 2.41. The van der Waals surface area contributed by atoms with E-state index < -0.39 is 0 Å². The zero-order chi connectivity index (χ0) is 15.9. The maximum absolute atomic E-state index is 12.3. The average molecular weight is 316 g/mol. The zero-order valence-electron chi connectivity index (χ0n) is 13.2. The van der Waals surface area contributed by atoms with Crippen molar-refractivity contribution in [3.05, 3.63) is 58.3 Å². The van der Waals surface area contributed by atoms with Gasteiger partial charge in [0.15, 0.2) is 0 Å². The minimum Gasteiger partial charge on any atom is -0.356 e. The van der Waals surface area contributed by atoms with Gasteiger partial charge in [0, 0.05) is 17.5 Å². The first-order valence-corrected chi connectivity index (χ1v) is 8.56. The number of carbonyl (C=O) groups excluding carboxylic acids is 1. The molecular formula is C18H24N2OS. The molecule has 3 atom stereocenters. The summed E-state index contributed by atoms with van der Waals surface area (Å²) < 4.78 is 0. The third kappa shape index (κ3) is 4.68. The normalized spacial score (nSPS) is 15.0. The molecule has 22 heavy (non-hydrogen) atoms. The summed E-state index contributed by atoms with van der Waals surface area (Å²) in [7, 11) is 0. The molecule has 1 aromatic heterocycles. The molecule has 0 saturated carbocycles. The molecule has 0 fully saturated rings. The van der Waals surface area contributed by atoms with Gasteiger partial charge in [0.2, 0.25) is 5.91 Å². The van der Waals surface area contributed by atoms with Gasteiger partial charge >= 0.3 is 0 Å². The predicted octanol–water partition coefficient (Wildman–Crippen LogP) is 3.38. The summed E-state index contributed by atoms with van der Waals surface area (Å²) in [6, 6.07) is 13.7. The van der Waals surface area contributed by atoms with Crippen molar-refractivity contribution in [1.82, 2.24) is 5.32 Å². The monoisotopic (exact) mass is 316 g/mol. The Bertz CT molecular complexity index is 568. The first-order valence-electron chi connectivity index (χ1n) is 7.68. The Morgan fingerprint density at radius 3 is 2.55 bits per heavy atom. The molecule has 3 N–H and O–H groups in total. The van der Waals surface area contributed by atoms with Crippen molar-refractivity contribution >= 4 is 17.2 Å². The SMILES string of the molecule is CC(CNC(=O)C(C)C(N)c1ccccc1)Cc1cccs1. The Morgan fingerprint density at radius 1 is 1.18 bits per heavy atom. The number of thiophene rings is 1. The molecule has 0 aliphatic heterocycles. The number of benzene rings is 1. The largest absolute Gasteiger partial charge is 0.356 e. The molecule has 0 saturated heterocycles. The Balaban J connectivity index is 1.81. The van der Waals surface area contributed by atoms with E-state index in [0.29, 0.717) is 12.5 Å². The minimum atomic E-state index is -0.270. The molecule has 2 aromatic rings. The summed E-state index contributed by atoms with van der Waals surface area (Å²) in [6.45, 7) is 4.72. The number of amides is 1. The van der Waals surface area contributed by atoms with E-state index in [9.17, 15) is 4.79 Å². The summed E-state index contributed by atoms with van der Waals surface area (Å²) >= 11 is 1.76. The highest BCUT2D eigenvalue weighted by atomic mass is 32.1. The lowest BCUT2D eigenvalue weighted by Gasteiger charge is -2.21. The van der Waals surface area contributed by atoms with Crippen molar-refractivity contribution in [2.75, 3.05) is 6.54 Å². The molecule has 1 amide bonds. The van der Waals surface area contributed by atoms with Crippen LogP contribution >= 0.6 is 11.3 Å². The van der Waals surface area contributed by atoms with Crippen molar-refractivity contribution in [3.8, 4) is 0 Å². The first-order chi connectivity index (χ1) is 10.6. The second-order valence-corrected chi connectivity index (χ2v) is 6.89. The van der Waals surface area contributed by atoms with Crippen molar-refractivity contribution in [2.45, 2.75) is 26.3 Å². The summed E-state index contributed by atoms with van der Waals surface area (Å²) in [5.41, 5.74) is 7.19. The van der Waals surface area contributed by atoms with Crippen molar-refractivity contribution in [3.63, 3.8) is 0 Å². The van der Waals surface area contributed by atoms with Crippen LogP contribution < -0.4 is 11.1 Å². The van der Waals surface area contributed by atoms with Crippen molar-refractivity contribution in [1.29, 1.82) is 0 Å². The maximum atomic E-state index is 12.3. The van der Waals surface area contributed by atoms with Gasteiger partial charge < -0.3 is 11.1 Å². The number of carbonyl (C=O) groups is 1. The number of hydrogen-bond acceptors (Lipinski definition) is 3. The summed E-state index contributed by atoms with van der Waals surface area (Å²) in [6.07, 6.45) is 0.997. The van der Waals surface area contributed by atoms with E-state index >= 15 is 0 Å². The van der Waals surface area contributed by atoms with Gasteiger partial charge in [-0.2, -0.15) is 0 Å². The van der Waals surface area contributed by atoms with Gasteiger partial charge in [-0.05, 0) is 29.3 Å². The fourth-order valence-corrected chi connectivity index (χ4v) is 3.28. The van der Waals surface area contributed by atoms with Crippen LogP contribution in [0.15, 0.2) is 47.8 Å². The van der Waals surface area contributed by atoms with Gasteiger partial charge in [-0.1, -0.05) is 50.2 Å². The second kappa shape index (κ2) is 8.11. The van der Waals surface area contributed by atoms with Gasteiger partial charge in [0.05, 0.1) is 5.92 Å². The van der Waals surface area contributed by atoms with E-state index in [1.54, 1.807) is 11.3 Å². The smallest absolute Gasteiger partial charge is 0.224 e. The molecule has 0 aliphatic carbocycles. The first kappa shape index (κ1) is 16.7. The summed E-state index contributed by atoms with van der Waals surface area (Å²) in [4.78, 5) is 13.6. The summed E-state index contributed by atoms with van der Waals surface area (Å²) in [5, 5.41) is 5.12. The van der Waals surface area contributed by atoms with E-state index in [1.807, 2.05) is 37.3 Å². The lowest BCUT2D eigenvalue weighted by Crippen LogP contribution is -2.37. The number of hydrogen-bond donors (Lipinski definition) is 2. The van der Waals surface area contributed by atoms with Crippen LogP contribution in [-0.2, 0) is 11.2 Å². The molecular weight excluding hydrogens is 292 g/mol. The Hall–Kier alpha value is -1.65. The van der Waals surface area contributed by atoms with E-state index in [2.05, 4.69) is 29.8 Å². The molecule has 0 bridgehead atoms. The molecule has 4 heteroatoms. The van der Waals surface area contributed by atoms with Crippen LogP contribution in [0.1, 0.15) is 30.3 Å². The number of rotatable bonds is 7. The van der Waals surface area contributed by atoms with E-state index in [0.717, 1.165) is 12.0 Å². The Labute approximate surface area is 136 Å². The third-order valence-electron chi connectivity index (χ3n) is 3.89. The Morgan fingerprint density at radius 2 is 1.91 bits per heavy atom. The second-order valence-electron chi connectivity index (χ2n) is 5.86. The van der Waals surface area contributed by atoms with E-state index in [1.165, 1.54) is 4.88 Å². The highest BCUT2D eigenvalue weighted by molar-refractivity contribution is 7.09. The van der Waals surface area contributed by atoms with Gasteiger partial charge in [-0.25, -0.2) is 0 Å². The van der Waals surface area contributed by atoms with E-state index in [-0.39, 0.29) is 17.9 Å². The molecule has 3 nitrogen and oxygen atoms in total. The molecule has 0 aliphatic rings. The zero-order valence-corrected chi connectivity index (χ0v) is 14.0. The van der Waals surface area contributed by atoms with Crippen LogP contribution in [0.25, 0.3) is 0 Å². The lowest BCUT2D eigenvalue weighted by atomic mass is 9.94. The van der Waals surface area contributed by atoms with Gasteiger partial charge in [-0.15, -0.1) is 11.3 Å². The van der Waals surface area contributed by atoms with E-state index in [4.69, 9.17) is 5.73 Å². The number of nitrogens with one attached hydrogen (secondary N) is 1. The molecule has 0 radical (unpaired) electrons. The van der Waals surface area contributed by atoms with Crippen LogP contribution in [0, 0.1) is 11.8 Å². The molecule has 3 unspecified atom stereocenters. The van der Waals surface area contributed by atoms with Gasteiger partial charge in [-0.3, -0.25) is 4.79 Å². The van der Waals surface area contributed by atoms with Crippen LogP contribution in [0.3, 0.4) is 0 Å². The standard InChI is InChI=1S/C18H24N2OS/c1-13(11-16-9-6-10-22-16)12-20-18(21)14(2)17(19)15-7-4-3-5-8-15/h3-10,13-14,17H,11-12,19H2,1-2H3,(H,20,21). The predicted molar refractivity (Wildman–Crippen MR) is 92.7 cm³/mol. The maximum Gasteiger partial charge on any atom is 0.224 e. The van der Waals surface area contributed by atoms with Crippen LogP contribution in [0.2, 0.25) is 0 Å². The molecule has 0 spiro atoms. The average Bonchev–Trinajstić information content (AvgIpc) is 3.05. The third-order valence-corrected chi connectivity index (χ3v) is 4.79. The van der Waals surface area contributed by atoms with Crippen molar-refractivity contribution in [2.24, 2.45) is 17.6 Å². The van der Waals surface area contributed by atoms with Gasteiger partial charge in [0.25, 0.3) is 0 Å². The topological polar surface area (TPSA) is 55.1 Å². The number of nitrogens with two attached hydrogens (primary N) is 1. The van der Waals surface area contributed by atoms with Crippen LogP contribution in [0.4, 0.5) is 0 Å². The van der Waals surface area contributed by atoms with Crippen LogP contribution in [-0.4, -0.2) is 12.5 Å². The quantitative estimate of drug-likeness (QED) is 0.823. The molecule has 2 rings (SSSR count). The molecule has 118 valence electrons. The molecule has 1 heterocycles. The lowest BCUT2D eigenvalue weighted by molar-refractivity contribution is -0.125. The highest BCUT2D eigenvalue weighted by Gasteiger charge is 2.22. The minimum absolute atomic E-state index is 0.0226. The van der Waals surface area contributed by atoms with Gasteiger partial charge in [0.1, 0.15) is 0 Å².